The number of nitrogens with one attached hydrogen (secondary N) is 2. The summed E-state index contributed by atoms with van der Waals surface area (Å²) in [6.07, 6.45) is 0. The Bertz CT molecular complexity index is 1280. The van der Waals surface area contributed by atoms with Crippen LogP contribution in [0.1, 0.15) is 5.69 Å². The number of carbonyl (C=O) groups excluding carboxylic acids is 1. The van der Waals surface area contributed by atoms with Gasteiger partial charge in [-0.25, -0.2) is 14.5 Å². The van der Waals surface area contributed by atoms with Crippen LogP contribution >= 0.6 is 22.7 Å². The van der Waals surface area contributed by atoms with Gasteiger partial charge in [0.1, 0.15) is 16.5 Å². The maximum absolute atomic E-state index is 12.3. The van der Waals surface area contributed by atoms with Crippen molar-refractivity contribution < 1.29 is 9.53 Å². The fraction of sp³-hybridized carbons (Fsp3) is 0.182. The van der Waals surface area contributed by atoms with Crippen LogP contribution in [0.3, 0.4) is 0 Å². The van der Waals surface area contributed by atoms with Gasteiger partial charge in [-0.3, -0.25) is 4.79 Å². The van der Waals surface area contributed by atoms with E-state index >= 15 is 0 Å². The first-order valence-electron chi connectivity index (χ1n) is 9.83. The van der Waals surface area contributed by atoms with Gasteiger partial charge in [0, 0.05) is 12.6 Å². The molecule has 0 aliphatic carbocycles. The third-order valence-electron chi connectivity index (χ3n) is 4.59. The van der Waals surface area contributed by atoms with Crippen LogP contribution in [0.2, 0.25) is 0 Å². The number of hydrogen-bond donors (Lipinski definition) is 2. The Kier molecular flexibility index (Phi) is 6.62. The van der Waals surface area contributed by atoms with Crippen LogP contribution < -0.4 is 20.9 Å². The molecule has 2 amide bonds. The van der Waals surface area contributed by atoms with E-state index in [1.54, 1.807) is 46.9 Å². The Balaban J connectivity index is 1.43. The van der Waals surface area contributed by atoms with Crippen molar-refractivity contribution in [2.45, 2.75) is 13.5 Å². The standard InChI is InChI=1S/C22H21N5O3S2/c1-14-20(32-21(24-14)18-8-5-13-31-18)16-9-10-19(28)27(26-16)12-11-23-22(29)25-15-6-3-4-7-17(15)30-2/h3-10,13H,11-12H2,1-2H3,(H2,23,25,29). The van der Waals surface area contributed by atoms with E-state index in [-0.39, 0.29) is 18.6 Å². The molecule has 10 heteroatoms. The van der Waals surface area contributed by atoms with Gasteiger partial charge < -0.3 is 15.4 Å². The molecule has 4 aromatic rings. The second kappa shape index (κ2) is 9.75. The zero-order valence-corrected chi connectivity index (χ0v) is 19.1. The number of nitrogens with zero attached hydrogens (tertiary/aromatic N) is 3. The second-order valence-corrected chi connectivity index (χ2v) is 8.72. The van der Waals surface area contributed by atoms with Crippen molar-refractivity contribution >= 4 is 34.4 Å². The molecule has 3 aromatic heterocycles. The SMILES string of the molecule is COc1ccccc1NC(=O)NCCn1nc(-c2sc(-c3cccs3)nc2C)ccc1=O. The Hall–Kier alpha value is -3.50. The summed E-state index contributed by atoms with van der Waals surface area (Å²) in [5.74, 6) is 0.565. The minimum Gasteiger partial charge on any atom is -0.495 e. The lowest BCUT2D eigenvalue weighted by Gasteiger charge is -2.11. The van der Waals surface area contributed by atoms with Gasteiger partial charge in [-0.05, 0) is 36.6 Å². The molecule has 1 aromatic carbocycles. The van der Waals surface area contributed by atoms with Crippen molar-refractivity contribution in [2.75, 3.05) is 19.0 Å². The maximum atomic E-state index is 12.3. The number of aryl methyl sites for hydroxylation is 1. The molecule has 0 aliphatic rings. The van der Waals surface area contributed by atoms with E-state index in [0.29, 0.717) is 17.1 Å². The Morgan fingerprint density at radius 1 is 1.16 bits per heavy atom. The van der Waals surface area contributed by atoms with Gasteiger partial charge in [0.15, 0.2) is 0 Å². The summed E-state index contributed by atoms with van der Waals surface area (Å²) in [6, 6.07) is 14.0. The highest BCUT2D eigenvalue weighted by molar-refractivity contribution is 7.23. The van der Waals surface area contributed by atoms with Gasteiger partial charge in [0.2, 0.25) is 0 Å². The number of carbonyl (C=O) groups is 1. The average molecular weight is 468 g/mol. The number of amides is 2. The molecule has 0 bridgehead atoms. The normalized spacial score (nSPS) is 10.7. The Morgan fingerprint density at radius 3 is 2.78 bits per heavy atom. The average Bonchev–Trinajstić information content (AvgIpc) is 3.45. The van der Waals surface area contributed by atoms with Gasteiger partial charge >= 0.3 is 6.03 Å². The molecule has 8 nitrogen and oxygen atoms in total. The number of anilines is 1. The topological polar surface area (TPSA) is 98.1 Å². The fourth-order valence-electron chi connectivity index (χ4n) is 3.06. The molecule has 0 saturated carbocycles. The number of rotatable bonds is 7. The van der Waals surface area contributed by atoms with E-state index in [1.165, 1.54) is 17.9 Å². The van der Waals surface area contributed by atoms with Gasteiger partial charge in [-0.1, -0.05) is 18.2 Å². The van der Waals surface area contributed by atoms with Crippen LogP contribution in [0, 0.1) is 6.92 Å². The molecule has 164 valence electrons. The van der Waals surface area contributed by atoms with Crippen molar-refractivity contribution in [3.8, 4) is 26.2 Å². The predicted octanol–water partition coefficient (Wildman–Crippen LogP) is 4.23. The number of benzene rings is 1. The van der Waals surface area contributed by atoms with Gasteiger partial charge in [-0.2, -0.15) is 5.10 Å². The monoisotopic (exact) mass is 467 g/mol. The van der Waals surface area contributed by atoms with E-state index in [1.807, 2.05) is 30.5 Å². The summed E-state index contributed by atoms with van der Waals surface area (Å²) in [5.41, 5.74) is 1.87. The number of para-hydroxylation sites is 2. The molecule has 3 heterocycles. The van der Waals surface area contributed by atoms with E-state index in [9.17, 15) is 9.59 Å². The van der Waals surface area contributed by atoms with E-state index in [4.69, 9.17) is 4.74 Å². The molecule has 0 fully saturated rings. The summed E-state index contributed by atoms with van der Waals surface area (Å²) < 4.78 is 6.57. The molecule has 0 atom stereocenters. The smallest absolute Gasteiger partial charge is 0.319 e. The molecular formula is C22H21N5O3S2. The third kappa shape index (κ3) is 4.87. The van der Waals surface area contributed by atoms with Gasteiger partial charge in [-0.15, -0.1) is 22.7 Å². The quantitative estimate of drug-likeness (QED) is 0.424. The number of thiophene rings is 1. The van der Waals surface area contributed by atoms with Crippen molar-refractivity contribution in [1.82, 2.24) is 20.1 Å². The molecule has 0 saturated heterocycles. The van der Waals surface area contributed by atoms with E-state index in [2.05, 4.69) is 20.7 Å². The fourth-order valence-corrected chi connectivity index (χ4v) is 4.89. The molecule has 2 N–H and O–H groups in total. The van der Waals surface area contributed by atoms with Crippen molar-refractivity contribution in [3.05, 3.63) is 70.0 Å². The first-order chi connectivity index (χ1) is 15.5. The van der Waals surface area contributed by atoms with Crippen LogP contribution in [-0.4, -0.2) is 34.5 Å². The van der Waals surface area contributed by atoms with Crippen molar-refractivity contribution in [3.63, 3.8) is 0 Å². The van der Waals surface area contributed by atoms with Crippen LogP contribution in [-0.2, 0) is 6.54 Å². The molecule has 0 unspecified atom stereocenters. The second-order valence-electron chi connectivity index (χ2n) is 6.77. The van der Waals surface area contributed by atoms with Gasteiger partial charge in [0.05, 0.1) is 34.8 Å². The number of hydrogen-bond acceptors (Lipinski definition) is 7. The largest absolute Gasteiger partial charge is 0.495 e. The Morgan fingerprint density at radius 2 is 2.00 bits per heavy atom. The summed E-state index contributed by atoms with van der Waals surface area (Å²) in [5, 5.41) is 12.9. The number of thiazole rings is 1. The summed E-state index contributed by atoms with van der Waals surface area (Å²) in [7, 11) is 1.54. The maximum Gasteiger partial charge on any atom is 0.319 e. The zero-order chi connectivity index (χ0) is 22.5. The highest BCUT2D eigenvalue weighted by Crippen LogP contribution is 2.35. The zero-order valence-electron chi connectivity index (χ0n) is 17.5. The minimum absolute atomic E-state index is 0.235. The number of methoxy groups -OCH3 is 1. The van der Waals surface area contributed by atoms with Gasteiger partial charge in [0.25, 0.3) is 5.56 Å². The Labute approximate surface area is 192 Å². The van der Waals surface area contributed by atoms with Crippen molar-refractivity contribution in [1.29, 1.82) is 0 Å². The van der Waals surface area contributed by atoms with Crippen LogP contribution in [0.4, 0.5) is 10.5 Å². The lowest BCUT2D eigenvalue weighted by Crippen LogP contribution is -2.34. The number of ether oxygens (including phenoxy) is 1. The summed E-state index contributed by atoms with van der Waals surface area (Å²) in [6.45, 7) is 2.41. The molecular weight excluding hydrogens is 446 g/mol. The molecule has 0 aliphatic heterocycles. The summed E-state index contributed by atoms with van der Waals surface area (Å²) in [4.78, 5) is 31.2. The highest BCUT2D eigenvalue weighted by atomic mass is 32.1. The van der Waals surface area contributed by atoms with Crippen LogP contribution in [0.25, 0.3) is 20.5 Å². The van der Waals surface area contributed by atoms with E-state index < -0.39 is 6.03 Å². The molecule has 0 radical (unpaired) electrons. The van der Waals surface area contributed by atoms with Crippen LogP contribution in [0.5, 0.6) is 5.75 Å². The molecule has 32 heavy (non-hydrogen) atoms. The number of urea groups is 1. The minimum atomic E-state index is -0.391. The summed E-state index contributed by atoms with van der Waals surface area (Å²) >= 11 is 3.18. The predicted molar refractivity (Wildman–Crippen MR) is 128 cm³/mol. The highest BCUT2D eigenvalue weighted by Gasteiger charge is 2.14. The molecule has 4 rings (SSSR count). The lowest BCUT2D eigenvalue weighted by molar-refractivity contribution is 0.251. The van der Waals surface area contributed by atoms with Crippen molar-refractivity contribution in [2.24, 2.45) is 0 Å². The molecule has 0 spiro atoms. The lowest BCUT2D eigenvalue weighted by atomic mass is 10.3. The van der Waals surface area contributed by atoms with Crippen LogP contribution in [0.15, 0.2) is 58.7 Å². The third-order valence-corrected chi connectivity index (χ3v) is 6.81. The number of aromatic nitrogens is 3. The first kappa shape index (κ1) is 21.7. The van der Waals surface area contributed by atoms with E-state index in [0.717, 1.165) is 20.5 Å². The first-order valence-corrected chi connectivity index (χ1v) is 11.5.